The number of allylic oxidation sites excluding steroid dienone is 2. The van der Waals surface area contributed by atoms with Crippen LogP contribution in [-0.4, -0.2) is 11.9 Å². The van der Waals surface area contributed by atoms with Gasteiger partial charge in [0.15, 0.2) is 5.76 Å². The van der Waals surface area contributed by atoms with Crippen LogP contribution in [0, 0.1) is 17.3 Å². The Labute approximate surface area is 130 Å². The van der Waals surface area contributed by atoms with Gasteiger partial charge in [0, 0.05) is 12.0 Å². The number of hydrogen-bond acceptors (Lipinski definition) is 3. The SMILES string of the molecule is CC1(C)[C@H](C=C2CC2(F)F)[C@@H]1C(=O)OCc1ccc(C(F)F)o1. The maximum absolute atomic E-state index is 12.9. The van der Waals surface area contributed by atoms with Crippen LogP contribution >= 0.6 is 0 Å². The molecule has 2 saturated carbocycles. The van der Waals surface area contributed by atoms with Crippen molar-refractivity contribution in [3.63, 3.8) is 0 Å². The van der Waals surface area contributed by atoms with E-state index in [1.807, 2.05) is 13.8 Å². The first-order chi connectivity index (χ1) is 10.6. The summed E-state index contributed by atoms with van der Waals surface area (Å²) in [5, 5.41) is 0. The minimum absolute atomic E-state index is 0.0680. The highest BCUT2D eigenvalue weighted by Gasteiger charge is 2.63. The van der Waals surface area contributed by atoms with Crippen LogP contribution in [0.3, 0.4) is 0 Å². The van der Waals surface area contributed by atoms with Gasteiger partial charge in [0.1, 0.15) is 12.4 Å². The number of halogens is 4. The average Bonchev–Trinajstić information content (AvgIpc) is 3.11. The first-order valence-corrected chi connectivity index (χ1v) is 7.25. The molecule has 0 bridgehead atoms. The number of furan rings is 1. The highest BCUT2D eigenvalue weighted by atomic mass is 19.3. The van der Waals surface area contributed by atoms with Gasteiger partial charge in [-0.3, -0.25) is 4.79 Å². The van der Waals surface area contributed by atoms with Gasteiger partial charge in [0.25, 0.3) is 12.3 Å². The number of esters is 1. The van der Waals surface area contributed by atoms with Crippen molar-refractivity contribution in [3.05, 3.63) is 35.3 Å². The summed E-state index contributed by atoms with van der Waals surface area (Å²) >= 11 is 0. The quantitative estimate of drug-likeness (QED) is 0.453. The normalized spacial score (nSPS) is 28.9. The van der Waals surface area contributed by atoms with E-state index >= 15 is 0 Å². The Balaban J connectivity index is 1.57. The van der Waals surface area contributed by atoms with E-state index in [4.69, 9.17) is 9.15 Å². The fourth-order valence-electron chi connectivity index (χ4n) is 2.85. The van der Waals surface area contributed by atoms with Crippen LogP contribution in [0.4, 0.5) is 17.6 Å². The lowest BCUT2D eigenvalue weighted by Gasteiger charge is -2.04. The van der Waals surface area contributed by atoms with E-state index in [0.29, 0.717) is 0 Å². The van der Waals surface area contributed by atoms with Gasteiger partial charge in [0.05, 0.1) is 5.92 Å². The predicted octanol–water partition coefficient (Wildman–Crippen LogP) is 4.50. The van der Waals surface area contributed by atoms with Crippen molar-refractivity contribution in [2.75, 3.05) is 0 Å². The summed E-state index contributed by atoms with van der Waals surface area (Å²) in [6.45, 7) is 3.36. The van der Waals surface area contributed by atoms with Crippen LogP contribution in [0.5, 0.6) is 0 Å². The molecule has 1 heterocycles. The molecule has 3 nitrogen and oxygen atoms in total. The topological polar surface area (TPSA) is 39.4 Å². The Kier molecular flexibility index (Phi) is 3.57. The standard InChI is InChI=1S/C16H16F4O3/c1-15(2)10(5-8-6-16(8,19)20)12(15)14(21)22-7-9-3-4-11(23-9)13(17)18/h3-5,10,12-13H,6-7H2,1-2H3/t10-,12-/m1/s1. The first-order valence-electron chi connectivity index (χ1n) is 7.25. The van der Waals surface area contributed by atoms with Crippen molar-refractivity contribution in [2.45, 2.75) is 39.2 Å². The van der Waals surface area contributed by atoms with Crippen molar-refractivity contribution in [2.24, 2.45) is 17.3 Å². The lowest BCUT2D eigenvalue weighted by molar-refractivity contribution is -0.148. The third-order valence-corrected chi connectivity index (χ3v) is 4.56. The zero-order valence-electron chi connectivity index (χ0n) is 12.6. The van der Waals surface area contributed by atoms with E-state index in [2.05, 4.69) is 0 Å². The molecule has 0 aliphatic heterocycles. The summed E-state index contributed by atoms with van der Waals surface area (Å²) in [5.74, 6) is -4.41. The fourth-order valence-corrected chi connectivity index (χ4v) is 2.85. The summed E-state index contributed by atoms with van der Waals surface area (Å²) in [4.78, 5) is 12.1. The van der Waals surface area contributed by atoms with Gasteiger partial charge in [-0.1, -0.05) is 19.9 Å². The summed E-state index contributed by atoms with van der Waals surface area (Å²) < 4.78 is 60.6. The van der Waals surface area contributed by atoms with Crippen LogP contribution in [0.25, 0.3) is 0 Å². The van der Waals surface area contributed by atoms with Crippen molar-refractivity contribution < 1.29 is 31.5 Å². The third-order valence-electron chi connectivity index (χ3n) is 4.56. The van der Waals surface area contributed by atoms with Crippen molar-refractivity contribution in [3.8, 4) is 0 Å². The summed E-state index contributed by atoms with van der Waals surface area (Å²) in [6.07, 6.45) is -1.50. The van der Waals surface area contributed by atoms with E-state index in [0.717, 1.165) is 6.07 Å². The van der Waals surface area contributed by atoms with Gasteiger partial charge in [-0.15, -0.1) is 0 Å². The lowest BCUT2D eigenvalue weighted by atomic mass is 10.1. The maximum atomic E-state index is 12.9. The molecule has 7 heteroatoms. The highest BCUT2D eigenvalue weighted by molar-refractivity contribution is 5.78. The van der Waals surface area contributed by atoms with Crippen molar-refractivity contribution in [1.29, 1.82) is 0 Å². The lowest BCUT2D eigenvalue weighted by Crippen LogP contribution is -2.10. The number of rotatable bonds is 5. The second kappa shape index (κ2) is 5.11. The molecule has 0 N–H and O–H groups in total. The fraction of sp³-hybridized carbons (Fsp3) is 0.562. The summed E-state index contributed by atoms with van der Waals surface area (Å²) in [6, 6.07) is 2.44. The third kappa shape index (κ3) is 3.01. The van der Waals surface area contributed by atoms with E-state index in [-0.39, 0.29) is 30.3 Å². The molecule has 1 aromatic heterocycles. The molecule has 1 aromatic rings. The molecule has 23 heavy (non-hydrogen) atoms. The monoisotopic (exact) mass is 332 g/mol. The van der Waals surface area contributed by atoms with Gasteiger partial charge >= 0.3 is 5.97 Å². The van der Waals surface area contributed by atoms with Crippen LogP contribution in [0.2, 0.25) is 0 Å². The van der Waals surface area contributed by atoms with Gasteiger partial charge in [0.2, 0.25) is 0 Å². The highest BCUT2D eigenvalue weighted by Crippen LogP contribution is 2.62. The minimum atomic E-state index is -2.73. The zero-order chi connectivity index (χ0) is 17.0. The molecule has 0 amide bonds. The Bertz CT molecular complexity index is 660. The minimum Gasteiger partial charge on any atom is -0.457 e. The predicted molar refractivity (Wildman–Crippen MR) is 71.9 cm³/mol. The van der Waals surface area contributed by atoms with Gasteiger partial charge in [-0.05, 0) is 23.5 Å². The van der Waals surface area contributed by atoms with Crippen molar-refractivity contribution in [1.82, 2.24) is 0 Å². The molecule has 3 rings (SSSR count). The van der Waals surface area contributed by atoms with Gasteiger partial charge in [-0.25, -0.2) is 17.6 Å². The average molecular weight is 332 g/mol. The van der Waals surface area contributed by atoms with Crippen LogP contribution in [0.1, 0.15) is 38.2 Å². The summed E-state index contributed by atoms with van der Waals surface area (Å²) in [7, 11) is 0. The first kappa shape index (κ1) is 16.1. The van der Waals surface area contributed by atoms with Crippen molar-refractivity contribution >= 4 is 5.97 Å². The molecule has 126 valence electrons. The van der Waals surface area contributed by atoms with E-state index in [9.17, 15) is 22.4 Å². The Morgan fingerprint density at radius 3 is 2.61 bits per heavy atom. The molecule has 2 atom stereocenters. The van der Waals surface area contributed by atoms with E-state index in [1.165, 1.54) is 12.1 Å². The Hall–Kier alpha value is -1.79. The molecule has 0 aromatic carbocycles. The van der Waals surface area contributed by atoms with Crippen LogP contribution in [-0.2, 0) is 16.1 Å². The second-order valence-corrected chi connectivity index (χ2v) is 6.61. The Morgan fingerprint density at radius 2 is 2.09 bits per heavy atom. The van der Waals surface area contributed by atoms with Gasteiger partial charge in [-0.2, -0.15) is 0 Å². The zero-order valence-corrected chi connectivity index (χ0v) is 12.6. The molecule has 0 radical (unpaired) electrons. The largest absolute Gasteiger partial charge is 0.457 e. The molecule has 0 saturated heterocycles. The van der Waals surface area contributed by atoms with E-state index in [1.54, 1.807) is 0 Å². The van der Waals surface area contributed by atoms with Gasteiger partial charge < -0.3 is 9.15 Å². The molecular weight excluding hydrogens is 316 g/mol. The number of hydrogen-bond donors (Lipinski definition) is 0. The number of alkyl halides is 4. The number of ether oxygens (including phenoxy) is 1. The molecular formula is C16H16F4O3. The molecule has 0 unspecified atom stereocenters. The molecule has 2 fully saturated rings. The van der Waals surface area contributed by atoms with Crippen LogP contribution in [0.15, 0.2) is 28.2 Å². The Morgan fingerprint density at radius 1 is 1.43 bits per heavy atom. The van der Waals surface area contributed by atoms with Crippen LogP contribution < -0.4 is 0 Å². The number of carbonyl (C=O) groups excluding carboxylic acids is 1. The summed E-state index contributed by atoms with van der Waals surface area (Å²) in [5.41, 5.74) is -0.376. The maximum Gasteiger partial charge on any atom is 0.310 e. The van der Waals surface area contributed by atoms with E-state index < -0.39 is 35.4 Å². The smallest absolute Gasteiger partial charge is 0.310 e. The molecule has 0 spiro atoms. The number of carbonyl (C=O) groups is 1. The molecule has 2 aliphatic rings. The second-order valence-electron chi connectivity index (χ2n) is 6.61. The molecule has 2 aliphatic carbocycles.